The number of nitrogens with zero attached hydrogens (tertiary/aromatic N) is 5. The van der Waals surface area contributed by atoms with E-state index < -0.39 is 0 Å². The Kier molecular flexibility index (Phi) is 7.38. The van der Waals surface area contributed by atoms with E-state index >= 15 is 0 Å². The second kappa shape index (κ2) is 13.0. The van der Waals surface area contributed by atoms with Gasteiger partial charge in [-0.1, -0.05) is 133 Å². The molecule has 0 saturated carbocycles. The summed E-state index contributed by atoms with van der Waals surface area (Å²) in [7, 11) is 0. The molecule has 0 unspecified atom stereocenters. The SMILES string of the molecule is c1ccc(-c2nc(-c3ccccc3)nc(-c3cccc(-c4cccc(-n5c6cc7ccccc7cc6c6ccc7nc(-c8ccccc8)oc7c65)c4)c3)n2)cc1. The lowest BCUT2D eigenvalue weighted by atomic mass is 10.0. The highest BCUT2D eigenvalue weighted by molar-refractivity contribution is 6.19. The predicted molar refractivity (Wildman–Crippen MR) is 226 cm³/mol. The number of fused-ring (bicyclic) bond motifs is 6. The third-order valence-electron chi connectivity index (χ3n) is 10.4. The van der Waals surface area contributed by atoms with Gasteiger partial charge < -0.3 is 8.98 Å². The molecule has 0 amide bonds. The molecule has 0 aliphatic rings. The zero-order valence-corrected chi connectivity index (χ0v) is 30.0. The van der Waals surface area contributed by atoms with Crippen molar-refractivity contribution in [2.45, 2.75) is 0 Å². The molecule has 0 atom stereocenters. The second-order valence-electron chi connectivity index (χ2n) is 13.9. The summed E-state index contributed by atoms with van der Waals surface area (Å²) in [6, 6.07) is 64.7. The highest BCUT2D eigenvalue weighted by Gasteiger charge is 2.21. The van der Waals surface area contributed by atoms with Gasteiger partial charge in [-0.2, -0.15) is 0 Å². The fourth-order valence-corrected chi connectivity index (χ4v) is 7.74. The van der Waals surface area contributed by atoms with Gasteiger partial charge in [0.2, 0.25) is 5.89 Å². The Balaban J connectivity index is 1.09. The van der Waals surface area contributed by atoms with Crippen molar-refractivity contribution in [2.75, 3.05) is 0 Å². The molecule has 0 bridgehead atoms. The molecule has 3 aromatic heterocycles. The van der Waals surface area contributed by atoms with Crippen LogP contribution in [-0.4, -0.2) is 24.5 Å². The van der Waals surface area contributed by atoms with Crippen LogP contribution in [0.4, 0.5) is 0 Å². The van der Waals surface area contributed by atoms with Gasteiger partial charge in [0.05, 0.1) is 11.0 Å². The van der Waals surface area contributed by atoms with Crippen molar-refractivity contribution in [2.24, 2.45) is 0 Å². The van der Waals surface area contributed by atoms with E-state index in [0.717, 1.165) is 72.0 Å². The summed E-state index contributed by atoms with van der Waals surface area (Å²) in [6.07, 6.45) is 0. The summed E-state index contributed by atoms with van der Waals surface area (Å²) in [5.74, 6) is 2.49. The van der Waals surface area contributed by atoms with E-state index in [9.17, 15) is 0 Å². The molecule has 0 aliphatic heterocycles. The Morgan fingerprint density at radius 2 is 0.911 bits per heavy atom. The largest absolute Gasteiger partial charge is 0.434 e. The van der Waals surface area contributed by atoms with E-state index in [-0.39, 0.29) is 0 Å². The van der Waals surface area contributed by atoms with Crippen molar-refractivity contribution in [3.63, 3.8) is 0 Å². The summed E-state index contributed by atoms with van der Waals surface area (Å²) >= 11 is 0. The molecule has 0 radical (unpaired) electrons. The molecule has 6 nitrogen and oxygen atoms in total. The van der Waals surface area contributed by atoms with Crippen LogP contribution in [0.15, 0.2) is 192 Å². The molecule has 56 heavy (non-hydrogen) atoms. The van der Waals surface area contributed by atoms with Gasteiger partial charge in [0.15, 0.2) is 23.1 Å². The Morgan fingerprint density at radius 1 is 0.375 bits per heavy atom. The summed E-state index contributed by atoms with van der Waals surface area (Å²) < 4.78 is 9.00. The van der Waals surface area contributed by atoms with Crippen LogP contribution in [0.2, 0.25) is 0 Å². The van der Waals surface area contributed by atoms with Crippen molar-refractivity contribution < 1.29 is 4.42 Å². The van der Waals surface area contributed by atoms with Gasteiger partial charge in [-0.3, -0.25) is 0 Å². The standard InChI is InChI=1S/C50H31N5O/c1-4-14-32(15-5-1)47-52-48(33-16-6-2-7-17-33)54-49(53-47)39-24-12-22-35(28-39)36-23-13-25-40(29-36)55-44-31-38-21-11-10-20-37(38)30-42(44)41-26-27-43-46(45(41)55)56-50(51-43)34-18-8-3-9-19-34/h1-31H. The minimum Gasteiger partial charge on any atom is -0.434 e. The quantitative estimate of drug-likeness (QED) is 0.171. The predicted octanol–water partition coefficient (Wildman–Crippen LogP) is 12.6. The number of hydrogen-bond donors (Lipinski definition) is 0. The van der Waals surface area contributed by atoms with E-state index in [0.29, 0.717) is 23.4 Å². The number of benzene rings is 8. The first-order chi connectivity index (χ1) is 27.7. The molecule has 0 saturated heterocycles. The van der Waals surface area contributed by atoms with E-state index in [1.165, 1.54) is 10.8 Å². The molecule has 0 aliphatic carbocycles. The number of hydrogen-bond acceptors (Lipinski definition) is 5. The molecule has 8 aromatic carbocycles. The maximum absolute atomic E-state index is 6.67. The Hall–Kier alpha value is -7.70. The van der Waals surface area contributed by atoms with Gasteiger partial charge in [0.25, 0.3) is 0 Å². The van der Waals surface area contributed by atoms with Gasteiger partial charge in [0, 0.05) is 38.7 Å². The fraction of sp³-hybridized carbons (Fsp3) is 0. The first-order valence-electron chi connectivity index (χ1n) is 18.6. The Labute approximate surface area is 322 Å². The maximum atomic E-state index is 6.67. The van der Waals surface area contributed by atoms with Crippen molar-refractivity contribution >= 4 is 43.7 Å². The molecule has 11 aromatic rings. The van der Waals surface area contributed by atoms with E-state index in [4.69, 9.17) is 24.4 Å². The van der Waals surface area contributed by atoms with Crippen LogP contribution in [0, 0.1) is 0 Å². The van der Waals surface area contributed by atoms with Gasteiger partial charge in [-0.05, 0) is 76.5 Å². The third-order valence-corrected chi connectivity index (χ3v) is 10.4. The van der Waals surface area contributed by atoms with Crippen LogP contribution in [0.1, 0.15) is 0 Å². The van der Waals surface area contributed by atoms with E-state index in [1.807, 2.05) is 91.0 Å². The van der Waals surface area contributed by atoms with E-state index in [2.05, 4.69) is 102 Å². The summed E-state index contributed by atoms with van der Waals surface area (Å²) in [5.41, 5.74) is 10.5. The van der Waals surface area contributed by atoms with Gasteiger partial charge >= 0.3 is 0 Å². The zero-order chi connectivity index (χ0) is 37.0. The Morgan fingerprint density at radius 3 is 1.59 bits per heavy atom. The first kappa shape index (κ1) is 31.8. The summed E-state index contributed by atoms with van der Waals surface area (Å²) in [5, 5.41) is 4.63. The smallest absolute Gasteiger partial charge is 0.227 e. The van der Waals surface area contributed by atoms with Crippen LogP contribution in [0.3, 0.4) is 0 Å². The highest BCUT2D eigenvalue weighted by Crippen LogP contribution is 2.40. The number of rotatable bonds is 6. The molecule has 11 rings (SSSR count). The lowest BCUT2D eigenvalue weighted by molar-refractivity contribution is 0.622. The van der Waals surface area contributed by atoms with Crippen molar-refractivity contribution in [1.29, 1.82) is 0 Å². The molecule has 6 heteroatoms. The van der Waals surface area contributed by atoms with Crippen molar-refractivity contribution in [3.8, 4) is 62.4 Å². The number of oxazole rings is 1. The Bertz CT molecular complexity index is 3190. The normalized spacial score (nSPS) is 11.6. The first-order valence-corrected chi connectivity index (χ1v) is 18.6. The van der Waals surface area contributed by atoms with Gasteiger partial charge in [0.1, 0.15) is 5.52 Å². The molecule has 262 valence electrons. The second-order valence-corrected chi connectivity index (χ2v) is 13.9. The summed E-state index contributed by atoms with van der Waals surface area (Å²) in [6.45, 7) is 0. The number of aromatic nitrogens is 5. The van der Waals surface area contributed by atoms with Gasteiger partial charge in [-0.15, -0.1) is 0 Å². The van der Waals surface area contributed by atoms with Crippen LogP contribution in [0.5, 0.6) is 0 Å². The molecule has 0 N–H and O–H groups in total. The molecule has 0 fully saturated rings. The van der Waals surface area contributed by atoms with Crippen LogP contribution in [0.25, 0.3) is 106 Å². The molecular formula is C50H31N5O. The maximum Gasteiger partial charge on any atom is 0.227 e. The van der Waals surface area contributed by atoms with Crippen molar-refractivity contribution in [1.82, 2.24) is 24.5 Å². The third kappa shape index (κ3) is 5.43. The minimum absolute atomic E-state index is 0.602. The minimum atomic E-state index is 0.602. The van der Waals surface area contributed by atoms with E-state index in [1.54, 1.807) is 0 Å². The summed E-state index contributed by atoms with van der Waals surface area (Å²) in [4.78, 5) is 19.8. The topological polar surface area (TPSA) is 69.6 Å². The van der Waals surface area contributed by atoms with Gasteiger partial charge in [-0.25, -0.2) is 19.9 Å². The van der Waals surface area contributed by atoms with Crippen molar-refractivity contribution in [3.05, 3.63) is 188 Å². The average Bonchev–Trinajstić information content (AvgIpc) is 3.86. The zero-order valence-electron chi connectivity index (χ0n) is 30.0. The monoisotopic (exact) mass is 717 g/mol. The highest BCUT2D eigenvalue weighted by atomic mass is 16.3. The molecule has 0 spiro atoms. The van der Waals surface area contributed by atoms with Crippen LogP contribution in [-0.2, 0) is 0 Å². The molecule has 3 heterocycles. The average molecular weight is 718 g/mol. The van der Waals surface area contributed by atoms with Crippen LogP contribution < -0.4 is 0 Å². The van der Waals surface area contributed by atoms with Crippen LogP contribution >= 0.6 is 0 Å². The lowest BCUT2D eigenvalue weighted by Gasteiger charge is -2.12. The fourth-order valence-electron chi connectivity index (χ4n) is 7.74. The lowest BCUT2D eigenvalue weighted by Crippen LogP contribution is -2.00. The molecular weight excluding hydrogens is 687 g/mol.